The molecule has 2 heteroatoms. The Labute approximate surface area is 74.9 Å². The minimum absolute atomic E-state index is 0.271. The predicted molar refractivity (Wildman–Crippen MR) is 50.5 cm³/mol. The van der Waals surface area contributed by atoms with Crippen LogP contribution in [0.15, 0.2) is 11.8 Å². The van der Waals surface area contributed by atoms with Crippen LogP contribution in [0, 0.1) is 5.92 Å². The zero-order valence-electron chi connectivity index (χ0n) is 8.17. The van der Waals surface area contributed by atoms with Gasteiger partial charge in [-0.25, -0.2) is 0 Å². The van der Waals surface area contributed by atoms with Crippen LogP contribution < -0.4 is 0 Å². The lowest BCUT2D eigenvalue weighted by atomic mass is 10.1. The van der Waals surface area contributed by atoms with Crippen molar-refractivity contribution in [3.8, 4) is 0 Å². The Morgan fingerprint density at radius 2 is 2.33 bits per heavy atom. The molecule has 1 aliphatic rings. The molecular formula is C10H18NO. The van der Waals surface area contributed by atoms with Gasteiger partial charge in [0.2, 0.25) is 0 Å². The van der Waals surface area contributed by atoms with E-state index in [1.165, 1.54) is 5.92 Å². The summed E-state index contributed by atoms with van der Waals surface area (Å²) in [6, 6.07) is 0. The molecule has 0 spiro atoms. The van der Waals surface area contributed by atoms with Crippen LogP contribution in [0.5, 0.6) is 0 Å². The van der Waals surface area contributed by atoms with Crippen LogP contribution in [-0.4, -0.2) is 29.2 Å². The Kier molecular flexibility index (Phi) is 3.15. The van der Waals surface area contributed by atoms with Crippen LogP contribution in [-0.2, 0) is 0 Å². The minimum atomic E-state index is -0.271. The van der Waals surface area contributed by atoms with Crippen LogP contribution in [0.2, 0.25) is 0 Å². The maximum absolute atomic E-state index is 9.30. The van der Waals surface area contributed by atoms with Crippen molar-refractivity contribution in [1.29, 1.82) is 0 Å². The molecule has 0 saturated heterocycles. The smallest absolute Gasteiger partial charge is 0.0739 e. The lowest BCUT2D eigenvalue weighted by molar-refractivity contribution is 0.229. The van der Waals surface area contributed by atoms with Crippen molar-refractivity contribution < 1.29 is 5.11 Å². The summed E-state index contributed by atoms with van der Waals surface area (Å²) in [4.78, 5) is 2.26. The first-order valence-corrected chi connectivity index (χ1v) is 4.51. The number of rotatable bonds is 3. The molecule has 0 saturated carbocycles. The molecule has 0 bridgehead atoms. The van der Waals surface area contributed by atoms with Gasteiger partial charge < -0.3 is 10.0 Å². The van der Waals surface area contributed by atoms with E-state index in [-0.39, 0.29) is 6.10 Å². The summed E-state index contributed by atoms with van der Waals surface area (Å²) >= 11 is 0. The Bertz CT molecular complexity index is 173. The molecule has 1 atom stereocenters. The minimum Gasteiger partial charge on any atom is -0.389 e. The third-order valence-corrected chi connectivity index (χ3v) is 2.09. The molecule has 0 fully saturated rings. The first-order valence-electron chi connectivity index (χ1n) is 4.51. The van der Waals surface area contributed by atoms with Crippen molar-refractivity contribution >= 4 is 0 Å². The molecule has 12 heavy (non-hydrogen) atoms. The van der Waals surface area contributed by atoms with Gasteiger partial charge in [-0.2, -0.15) is 0 Å². The maximum atomic E-state index is 9.30. The van der Waals surface area contributed by atoms with Gasteiger partial charge in [-0.1, -0.05) is 13.8 Å². The van der Waals surface area contributed by atoms with Crippen molar-refractivity contribution in [2.24, 2.45) is 0 Å². The third-order valence-electron chi connectivity index (χ3n) is 2.09. The Morgan fingerprint density at radius 1 is 1.67 bits per heavy atom. The second-order valence-corrected chi connectivity index (χ2v) is 3.81. The van der Waals surface area contributed by atoms with E-state index in [0.29, 0.717) is 0 Å². The monoisotopic (exact) mass is 168 g/mol. The number of aliphatic hydroxyl groups is 1. The number of nitrogens with zero attached hydrogens (tertiary/aromatic N) is 1. The zero-order chi connectivity index (χ0) is 9.14. The number of hydrogen-bond acceptors (Lipinski definition) is 2. The highest BCUT2D eigenvalue weighted by Crippen LogP contribution is 2.18. The van der Waals surface area contributed by atoms with Gasteiger partial charge in [0.15, 0.2) is 0 Å². The van der Waals surface area contributed by atoms with Gasteiger partial charge in [0.05, 0.1) is 6.10 Å². The van der Waals surface area contributed by atoms with Crippen LogP contribution in [0.4, 0.5) is 0 Å². The van der Waals surface area contributed by atoms with Gasteiger partial charge in [-0.3, -0.25) is 0 Å². The summed E-state index contributed by atoms with van der Waals surface area (Å²) in [7, 11) is 0. The summed E-state index contributed by atoms with van der Waals surface area (Å²) in [5.41, 5.74) is 1.16. The molecule has 0 aromatic rings. The average molecular weight is 168 g/mol. The van der Waals surface area contributed by atoms with Crippen molar-refractivity contribution in [2.75, 3.05) is 13.1 Å². The van der Waals surface area contributed by atoms with Gasteiger partial charge in [-0.05, 0) is 24.8 Å². The maximum Gasteiger partial charge on any atom is 0.0739 e. The highest BCUT2D eigenvalue weighted by atomic mass is 16.3. The van der Waals surface area contributed by atoms with Crippen LogP contribution in [0.25, 0.3) is 0 Å². The molecule has 1 radical (unpaired) electrons. The number of aliphatic hydroxyl groups excluding tert-OH is 1. The highest BCUT2D eigenvalue weighted by Gasteiger charge is 2.15. The fraction of sp³-hybridized carbons (Fsp3) is 0.700. The second-order valence-electron chi connectivity index (χ2n) is 3.81. The quantitative estimate of drug-likeness (QED) is 0.691. The summed E-state index contributed by atoms with van der Waals surface area (Å²) in [5.74, 6) is 1.41. The van der Waals surface area contributed by atoms with Crippen LogP contribution in [0.1, 0.15) is 27.2 Å². The van der Waals surface area contributed by atoms with Crippen molar-refractivity contribution in [3.63, 3.8) is 0 Å². The normalized spacial score (nSPS) is 20.1. The summed E-state index contributed by atoms with van der Waals surface area (Å²) in [6.45, 7) is 8.18. The van der Waals surface area contributed by atoms with E-state index in [2.05, 4.69) is 24.9 Å². The van der Waals surface area contributed by atoms with E-state index in [0.717, 1.165) is 25.1 Å². The van der Waals surface area contributed by atoms with E-state index >= 15 is 0 Å². The molecule has 1 N–H and O–H groups in total. The molecule has 0 aromatic carbocycles. The standard InChI is InChI=1S/C10H18NO/c1-8(2)6-11-5-4-10(7-11)9(3)12/h7,9,12H,4-6H2,1-3H3. The van der Waals surface area contributed by atoms with E-state index in [4.69, 9.17) is 0 Å². The first kappa shape index (κ1) is 9.59. The SMILES string of the molecule is C[C](C)CN1C=C(C(C)O)CC1. The first-order chi connectivity index (χ1) is 5.59. The topological polar surface area (TPSA) is 23.5 Å². The largest absolute Gasteiger partial charge is 0.389 e. The molecule has 1 aliphatic heterocycles. The molecule has 1 unspecified atom stereocenters. The Hall–Kier alpha value is -0.500. The predicted octanol–water partition coefficient (Wildman–Crippen LogP) is 1.57. The zero-order valence-corrected chi connectivity index (χ0v) is 8.17. The van der Waals surface area contributed by atoms with Gasteiger partial charge in [-0.15, -0.1) is 0 Å². The van der Waals surface area contributed by atoms with Gasteiger partial charge >= 0.3 is 0 Å². The van der Waals surface area contributed by atoms with Gasteiger partial charge in [0.1, 0.15) is 0 Å². The molecular weight excluding hydrogens is 150 g/mol. The van der Waals surface area contributed by atoms with E-state index in [1.807, 2.05) is 6.92 Å². The molecule has 1 rings (SSSR count). The lowest BCUT2D eigenvalue weighted by Gasteiger charge is -2.16. The molecule has 2 nitrogen and oxygen atoms in total. The van der Waals surface area contributed by atoms with Crippen LogP contribution in [0.3, 0.4) is 0 Å². The fourth-order valence-electron chi connectivity index (χ4n) is 1.48. The van der Waals surface area contributed by atoms with E-state index < -0.39 is 0 Å². The van der Waals surface area contributed by atoms with Crippen LogP contribution >= 0.6 is 0 Å². The summed E-state index contributed by atoms with van der Waals surface area (Å²) in [6.07, 6.45) is 2.84. The summed E-state index contributed by atoms with van der Waals surface area (Å²) < 4.78 is 0. The Balaban J connectivity index is 2.42. The summed E-state index contributed by atoms with van der Waals surface area (Å²) in [5, 5.41) is 9.30. The molecule has 1 heterocycles. The molecule has 0 aromatic heterocycles. The van der Waals surface area contributed by atoms with Crippen molar-refractivity contribution in [2.45, 2.75) is 33.3 Å². The number of hydrogen-bond donors (Lipinski definition) is 1. The molecule has 0 aliphatic carbocycles. The molecule has 69 valence electrons. The van der Waals surface area contributed by atoms with Gasteiger partial charge in [0, 0.05) is 19.3 Å². The average Bonchev–Trinajstić information content (AvgIpc) is 2.34. The Morgan fingerprint density at radius 3 is 2.75 bits per heavy atom. The van der Waals surface area contributed by atoms with Crippen molar-refractivity contribution in [3.05, 3.63) is 17.7 Å². The second kappa shape index (κ2) is 3.94. The highest BCUT2D eigenvalue weighted by molar-refractivity contribution is 5.12. The third kappa shape index (κ3) is 2.52. The fourth-order valence-corrected chi connectivity index (χ4v) is 1.48. The lowest BCUT2D eigenvalue weighted by Crippen LogP contribution is -2.18. The van der Waals surface area contributed by atoms with Gasteiger partial charge in [0.25, 0.3) is 0 Å². The van der Waals surface area contributed by atoms with E-state index in [9.17, 15) is 5.11 Å². The molecule has 0 amide bonds. The van der Waals surface area contributed by atoms with E-state index in [1.54, 1.807) is 0 Å². The van der Waals surface area contributed by atoms with Crippen molar-refractivity contribution in [1.82, 2.24) is 4.90 Å².